The van der Waals surface area contributed by atoms with Gasteiger partial charge in [0.25, 0.3) is 0 Å². The molecule has 1 aliphatic heterocycles. The van der Waals surface area contributed by atoms with Gasteiger partial charge in [0.05, 0.1) is 0 Å². The maximum Gasteiger partial charge on any atom is 0.206 e. The molecule has 0 amide bonds. The molecule has 1 aromatic heterocycles. The molecule has 5 aromatic rings. The lowest BCUT2D eigenvalue weighted by atomic mass is 10.00. The molecule has 1 atom stereocenters. The predicted octanol–water partition coefficient (Wildman–Crippen LogP) is 6.75. The first kappa shape index (κ1) is 24.3. The average molecular weight is 516 g/mol. The second-order valence-corrected chi connectivity index (χ2v) is 10.5. The molecule has 188 valence electrons. The van der Waals surface area contributed by atoms with Gasteiger partial charge in [0, 0.05) is 31.9 Å². The zero-order valence-electron chi connectivity index (χ0n) is 21.0. The number of nitrogens with one attached hydrogen (secondary N) is 1. The molecule has 38 heavy (non-hydrogen) atoms. The fourth-order valence-electron chi connectivity index (χ4n) is 4.98. The van der Waals surface area contributed by atoms with Crippen LogP contribution >= 0.6 is 11.8 Å². The third-order valence-electron chi connectivity index (χ3n) is 6.86. The second kappa shape index (κ2) is 11.1. The van der Waals surface area contributed by atoms with E-state index in [0.717, 1.165) is 17.3 Å². The van der Waals surface area contributed by atoms with Crippen LogP contribution in [0.2, 0.25) is 0 Å². The van der Waals surface area contributed by atoms with Crippen LogP contribution in [0.25, 0.3) is 11.1 Å². The van der Waals surface area contributed by atoms with Crippen molar-refractivity contribution in [2.45, 2.75) is 30.2 Å². The van der Waals surface area contributed by atoms with Crippen LogP contribution in [0.5, 0.6) is 0 Å². The quantitative estimate of drug-likeness (QED) is 0.248. The normalized spacial score (nSPS) is 14.4. The van der Waals surface area contributed by atoms with Crippen molar-refractivity contribution in [1.29, 1.82) is 0 Å². The summed E-state index contributed by atoms with van der Waals surface area (Å²) in [6.45, 7) is 2.07. The molecular formula is C33H29N3OS. The lowest BCUT2D eigenvalue weighted by molar-refractivity contribution is 0.609. The van der Waals surface area contributed by atoms with Crippen molar-refractivity contribution in [1.82, 2.24) is 9.88 Å². The van der Waals surface area contributed by atoms with E-state index in [1.807, 2.05) is 24.4 Å². The molecule has 2 heterocycles. The number of anilines is 1. The number of rotatable bonds is 8. The Hall–Kier alpha value is -4.06. The third kappa shape index (κ3) is 5.17. The average Bonchev–Trinajstić information content (AvgIpc) is 3.34. The van der Waals surface area contributed by atoms with Crippen molar-refractivity contribution in [3.05, 3.63) is 154 Å². The Morgan fingerprint density at radius 3 is 2.05 bits per heavy atom. The molecule has 6 rings (SSSR count). The van der Waals surface area contributed by atoms with E-state index in [4.69, 9.17) is 0 Å². The topological polar surface area (TPSA) is 37.3 Å². The van der Waals surface area contributed by atoms with Gasteiger partial charge in [-0.1, -0.05) is 127 Å². The Balaban J connectivity index is 1.36. The number of fused-ring (bicyclic) bond motifs is 1. The summed E-state index contributed by atoms with van der Waals surface area (Å²) in [7, 11) is 0. The van der Waals surface area contributed by atoms with Crippen molar-refractivity contribution in [3.8, 4) is 11.1 Å². The van der Waals surface area contributed by atoms with Crippen LogP contribution in [0.3, 0.4) is 0 Å². The van der Waals surface area contributed by atoms with Crippen molar-refractivity contribution in [2.24, 2.45) is 0 Å². The van der Waals surface area contributed by atoms with E-state index in [-0.39, 0.29) is 10.9 Å². The first-order valence-electron chi connectivity index (χ1n) is 12.9. The minimum Gasteiger partial charge on any atom is -0.337 e. The molecule has 0 bridgehead atoms. The van der Waals surface area contributed by atoms with E-state index in [2.05, 4.69) is 112 Å². The lowest BCUT2D eigenvalue weighted by Crippen LogP contribution is -2.41. The van der Waals surface area contributed by atoms with E-state index >= 15 is 0 Å². The molecule has 0 spiro atoms. The smallest absolute Gasteiger partial charge is 0.206 e. The van der Waals surface area contributed by atoms with Crippen molar-refractivity contribution in [2.75, 3.05) is 4.90 Å². The summed E-state index contributed by atoms with van der Waals surface area (Å²) >= 11 is 1.72. The number of thioether (sulfide) groups is 1. The Morgan fingerprint density at radius 1 is 0.684 bits per heavy atom. The monoisotopic (exact) mass is 515 g/mol. The van der Waals surface area contributed by atoms with Gasteiger partial charge in [0.15, 0.2) is 0 Å². The third-order valence-corrected chi connectivity index (χ3v) is 8.15. The van der Waals surface area contributed by atoms with Gasteiger partial charge in [0.2, 0.25) is 5.43 Å². The fraction of sp³-hybridized carbons (Fsp3) is 0.121. The Bertz CT molecular complexity index is 1570. The molecule has 1 N–H and O–H groups in total. The van der Waals surface area contributed by atoms with E-state index in [1.54, 1.807) is 17.8 Å². The molecule has 4 nitrogen and oxygen atoms in total. The van der Waals surface area contributed by atoms with Gasteiger partial charge < -0.3 is 9.47 Å². The van der Waals surface area contributed by atoms with Crippen LogP contribution in [0.4, 0.5) is 5.69 Å². The highest BCUT2D eigenvalue weighted by Crippen LogP contribution is 2.41. The van der Waals surface area contributed by atoms with E-state index in [0.29, 0.717) is 13.1 Å². The van der Waals surface area contributed by atoms with Crippen LogP contribution in [0, 0.1) is 0 Å². The lowest BCUT2D eigenvalue weighted by Gasteiger charge is -2.27. The number of hydrogen-bond donors (Lipinski definition) is 1. The minimum atomic E-state index is -0.0591. The summed E-state index contributed by atoms with van der Waals surface area (Å²) in [4.78, 5) is 15.6. The maximum absolute atomic E-state index is 13.3. The molecule has 0 aliphatic carbocycles. The summed E-state index contributed by atoms with van der Waals surface area (Å²) in [6.07, 6.45) is 1.94. The number of benzene rings is 4. The minimum absolute atomic E-state index is 0.0556. The van der Waals surface area contributed by atoms with Gasteiger partial charge in [-0.15, -0.1) is 0 Å². The molecular weight excluding hydrogens is 486 g/mol. The first-order valence-corrected chi connectivity index (χ1v) is 13.8. The number of hydrogen-bond acceptors (Lipinski definition) is 4. The highest BCUT2D eigenvalue weighted by molar-refractivity contribution is 8.00. The van der Waals surface area contributed by atoms with Gasteiger partial charge in [-0.3, -0.25) is 10.1 Å². The molecule has 1 aliphatic rings. The molecule has 1 unspecified atom stereocenters. The van der Waals surface area contributed by atoms with Crippen LogP contribution in [0.15, 0.2) is 137 Å². The summed E-state index contributed by atoms with van der Waals surface area (Å²) in [5.41, 5.74) is 6.79. The molecule has 5 heteroatoms. The number of aromatic nitrogens is 1. The van der Waals surface area contributed by atoms with Crippen LogP contribution < -0.4 is 15.6 Å². The molecule has 0 saturated carbocycles. The van der Waals surface area contributed by atoms with E-state index in [1.165, 1.54) is 27.8 Å². The van der Waals surface area contributed by atoms with Crippen molar-refractivity contribution < 1.29 is 0 Å². The van der Waals surface area contributed by atoms with Crippen molar-refractivity contribution >= 4 is 17.4 Å². The predicted molar refractivity (Wildman–Crippen MR) is 157 cm³/mol. The van der Waals surface area contributed by atoms with Gasteiger partial charge in [-0.25, -0.2) is 0 Å². The van der Waals surface area contributed by atoms with Gasteiger partial charge >= 0.3 is 0 Å². The maximum atomic E-state index is 13.3. The van der Waals surface area contributed by atoms with E-state index < -0.39 is 0 Å². The Kier molecular flexibility index (Phi) is 7.12. The first-order chi connectivity index (χ1) is 18.8. The highest BCUT2D eigenvalue weighted by Gasteiger charge is 2.34. The Morgan fingerprint density at radius 2 is 1.32 bits per heavy atom. The summed E-state index contributed by atoms with van der Waals surface area (Å²) < 4.78 is 2.23. The summed E-state index contributed by atoms with van der Waals surface area (Å²) in [5, 5.41) is 4.71. The van der Waals surface area contributed by atoms with Gasteiger partial charge in [0.1, 0.15) is 16.2 Å². The fourth-order valence-corrected chi connectivity index (χ4v) is 6.26. The van der Waals surface area contributed by atoms with Crippen LogP contribution in [-0.4, -0.2) is 10.1 Å². The van der Waals surface area contributed by atoms with Crippen molar-refractivity contribution in [3.63, 3.8) is 0 Å². The molecule has 0 saturated heterocycles. The largest absolute Gasteiger partial charge is 0.337 e. The molecule has 0 radical (unpaired) electrons. The summed E-state index contributed by atoms with van der Waals surface area (Å²) in [5.74, 6) is 0. The molecule has 4 aromatic carbocycles. The summed E-state index contributed by atoms with van der Waals surface area (Å²) in [6, 6.07) is 41.5. The standard InChI is InChI=1S/C33H29N3OS/c37-30-20-21-35(24-28-18-10-11-19-29(28)27-16-8-3-9-17-27)32-31(30)36(23-26-14-6-2-7-15-26)33(38-32)34-22-25-12-4-1-5-13-25/h1-21,33-34H,22-24H2. The van der Waals surface area contributed by atoms with Gasteiger partial charge in [-0.05, 0) is 27.8 Å². The molecule has 0 fully saturated rings. The van der Waals surface area contributed by atoms with E-state index in [9.17, 15) is 4.79 Å². The second-order valence-electron chi connectivity index (χ2n) is 9.44. The SMILES string of the molecule is O=c1ccn(Cc2ccccc2-c2ccccc2)c2c1N(Cc1ccccc1)C(NCc1ccccc1)S2. The zero-order valence-corrected chi connectivity index (χ0v) is 21.9. The van der Waals surface area contributed by atoms with Crippen LogP contribution in [0.1, 0.15) is 16.7 Å². The van der Waals surface area contributed by atoms with Gasteiger partial charge in [-0.2, -0.15) is 0 Å². The number of nitrogens with zero attached hydrogens (tertiary/aromatic N) is 2. The van der Waals surface area contributed by atoms with Crippen LogP contribution in [-0.2, 0) is 19.6 Å². The highest BCUT2D eigenvalue weighted by atomic mass is 32.2. The zero-order chi connectivity index (χ0) is 25.7. The Labute approximate surface area is 227 Å². The number of pyridine rings is 1.